The lowest BCUT2D eigenvalue weighted by molar-refractivity contribution is -0.135. The Kier molecular flexibility index (Phi) is 3.91. The molecule has 1 aliphatic carbocycles. The van der Waals surface area contributed by atoms with E-state index < -0.39 is 0 Å². The number of nitrogens with one attached hydrogen (secondary N) is 1. The van der Waals surface area contributed by atoms with Crippen molar-refractivity contribution in [1.29, 1.82) is 0 Å². The lowest BCUT2D eigenvalue weighted by atomic mass is 9.89. The van der Waals surface area contributed by atoms with Crippen LogP contribution < -0.4 is 5.32 Å². The van der Waals surface area contributed by atoms with Crippen LogP contribution in [-0.2, 0) is 4.74 Å². The van der Waals surface area contributed by atoms with Crippen LogP contribution in [0.4, 0.5) is 0 Å². The van der Waals surface area contributed by atoms with Gasteiger partial charge in [0.05, 0.1) is 11.7 Å². The fraction of sp³-hybridized carbons (Fsp3) is 1.00. The molecule has 2 rings (SSSR count). The summed E-state index contributed by atoms with van der Waals surface area (Å²) in [6.07, 6.45) is 7.45. The van der Waals surface area contributed by atoms with Crippen molar-refractivity contribution in [2.24, 2.45) is 11.8 Å². The van der Waals surface area contributed by atoms with E-state index in [1.807, 2.05) is 0 Å². The van der Waals surface area contributed by atoms with Crippen LogP contribution in [-0.4, -0.2) is 24.8 Å². The second-order valence-corrected chi connectivity index (χ2v) is 6.22. The lowest BCUT2D eigenvalue weighted by Gasteiger charge is -2.42. The van der Waals surface area contributed by atoms with Gasteiger partial charge in [0, 0.05) is 13.1 Å². The summed E-state index contributed by atoms with van der Waals surface area (Å²) in [7, 11) is 0. The summed E-state index contributed by atoms with van der Waals surface area (Å²) in [4.78, 5) is 0. The first-order valence-corrected chi connectivity index (χ1v) is 6.99. The fourth-order valence-corrected chi connectivity index (χ4v) is 3.03. The quantitative estimate of drug-likeness (QED) is 0.797. The summed E-state index contributed by atoms with van der Waals surface area (Å²) in [6, 6.07) is 0. The number of hydrogen-bond donors (Lipinski definition) is 1. The Balaban J connectivity index is 1.86. The minimum Gasteiger partial charge on any atom is -0.369 e. The Bertz CT molecular complexity index is 223. The number of rotatable bonds is 3. The highest BCUT2D eigenvalue weighted by molar-refractivity contribution is 4.88. The maximum atomic E-state index is 6.33. The molecule has 0 bridgehead atoms. The van der Waals surface area contributed by atoms with Crippen LogP contribution in [0.2, 0.25) is 0 Å². The topological polar surface area (TPSA) is 21.3 Å². The molecule has 0 spiro atoms. The van der Waals surface area contributed by atoms with Crippen molar-refractivity contribution >= 4 is 0 Å². The largest absolute Gasteiger partial charge is 0.369 e. The van der Waals surface area contributed by atoms with E-state index in [1.165, 1.54) is 32.1 Å². The van der Waals surface area contributed by atoms with E-state index >= 15 is 0 Å². The zero-order valence-corrected chi connectivity index (χ0v) is 11.1. The van der Waals surface area contributed by atoms with Gasteiger partial charge < -0.3 is 10.1 Å². The van der Waals surface area contributed by atoms with Crippen LogP contribution in [0, 0.1) is 11.8 Å². The number of hydrogen-bond acceptors (Lipinski definition) is 2. The molecule has 2 nitrogen and oxygen atoms in total. The van der Waals surface area contributed by atoms with Crippen molar-refractivity contribution in [3.05, 3.63) is 0 Å². The van der Waals surface area contributed by atoms with Gasteiger partial charge in [0.1, 0.15) is 0 Å². The van der Waals surface area contributed by atoms with Gasteiger partial charge in [0.2, 0.25) is 0 Å². The zero-order valence-electron chi connectivity index (χ0n) is 11.1. The normalized spacial score (nSPS) is 37.1. The second kappa shape index (κ2) is 5.05. The maximum Gasteiger partial charge on any atom is 0.0805 e. The highest BCUT2D eigenvalue weighted by Crippen LogP contribution is 2.32. The van der Waals surface area contributed by atoms with Crippen LogP contribution in [0.3, 0.4) is 0 Å². The van der Waals surface area contributed by atoms with E-state index in [0.717, 1.165) is 19.0 Å². The van der Waals surface area contributed by atoms with E-state index in [1.54, 1.807) is 0 Å². The summed E-state index contributed by atoms with van der Waals surface area (Å²) in [5, 5.41) is 3.56. The summed E-state index contributed by atoms with van der Waals surface area (Å²) in [6.45, 7) is 8.84. The fourth-order valence-electron chi connectivity index (χ4n) is 3.03. The van der Waals surface area contributed by atoms with Crippen LogP contribution in [0.1, 0.15) is 52.9 Å². The van der Waals surface area contributed by atoms with Crippen molar-refractivity contribution in [1.82, 2.24) is 5.32 Å². The molecule has 1 heterocycles. The minimum absolute atomic E-state index is 0.0432. The molecule has 2 fully saturated rings. The average Bonchev–Trinajstić information content (AvgIpc) is 2.70. The first-order valence-electron chi connectivity index (χ1n) is 6.99. The maximum absolute atomic E-state index is 6.33. The molecule has 0 aromatic carbocycles. The smallest absolute Gasteiger partial charge is 0.0805 e. The third-order valence-electron chi connectivity index (χ3n) is 4.58. The average molecular weight is 225 g/mol. The Hall–Kier alpha value is -0.0800. The first kappa shape index (κ1) is 12.4. The van der Waals surface area contributed by atoms with Crippen LogP contribution >= 0.6 is 0 Å². The lowest BCUT2D eigenvalue weighted by Crippen LogP contribution is -2.55. The first-order chi connectivity index (χ1) is 7.60. The van der Waals surface area contributed by atoms with E-state index in [4.69, 9.17) is 4.74 Å². The molecule has 0 amide bonds. The summed E-state index contributed by atoms with van der Waals surface area (Å²) < 4.78 is 6.33. The molecule has 2 unspecified atom stereocenters. The van der Waals surface area contributed by atoms with Gasteiger partial charge in [-0.05, 0) is 25.2 Å². The summed E-state index contributed by atoms with van der Waals surface area (Å²) >= 11 is 0. The van der Waals surface area contributed by atoms with Crippen LogP contribution in [0.15, 0.2) is 0 Å². The highest BCUT2D eigenvalue weighted by atomic mass is 16.5. The van der Waals surface area contributed by atoms with Gasteiger partial charge in [-0.1, -0.05) is 39.5 Å². The Morgan fingerprint density at radius 2 is 2.00 bits per heavy atom. The summed E-state index contributed by atoms with van der Waals surface area (Å²) in [5.74, 6) is 1.52. The Morgan fingerprint density at radius 3 is 2.62 bits per heavy atom. The third kappa shape index (κ3) is 2.78. The van der Waals surface area contributed by atoms with Crippen molar-refractivity contribution in [3.8, 4) is 0 Å². The zero-order chi connectivity index (χ0) is 11.6. The molecule has 94 valence electrons. The Labute approximate surface area is 100 Å². The van der Waals surface area contributed by atoms with Crippen molar-refractivity contribution in [2.45, 2.75) is 64.6 Å². The predicted molar refractivity (Wildman–Crippen MR) is 67.6 cm³/mol. The molecule has 1 saturated heterocycles. The molecular formula is C14H27NO. The molecular weight excluding hydrogens is 198 g/mol. The van der Waals surface area contributed by atoms with Crippen molar-refractivity contribution < 1.29 is 4.74 Å². The van der Waals surface area contributed by atoms with Crippen LogP contribution in [0.25, 0.3) is 0 Å². The SMILES string of the molecule is CC(C)C1(C)CNCC(CC2CCCC2)O1. The molecule has 0 radical (unpaired) electrons. The van der Waals surface area contributed by atoms with Gasteiger partial charge in [-0.2, -0.15) is 0 Å². The molecule has 1 saturated carbocycles. The molecule has 2 heteroatoms. The third-order valence-corrected chi connectivity index (χ3v) is 4.58. The molecule has 0 aromatic heterocycles. The predicted octanol–water partition coefficient (Wildman–Crippen LogP) is 2.97. The van der Waals surface area contributed by atoms with E-state index in [9.17, 15) is 0 Å². The standard InChI is InChI=1S/C14H27NO/c1-11(2)14(3)10-15-9-13(16-14)8-12-6-4-5-7-12/h11-13,15H,4-10H2,1-3H3. The van der Waals surface area contributed by atoms with E-state index in [-0.39, 0.29) is 5.60 Å². The van der Waals surface area contributed by atoms with Crippen molar-refractivity contribution in [3.63, 3.8) is 0 Å². The molecule has 1 aliphatic heterocycles. The number of morpholine rings is 1. The van der Waals surface area contributed by atoms with E-state index in [2.05, 4.69) is 26.1 Å². The summed E-state index contributed by atoms with van der Waals surface area (Å²) in [5.41, 5.74) is 0.0432. The van der Waals surface area contributed by atoms with Gasteiger partial charge in [-0.3, -0.25) is 0 Å². The second-order valence-electron chi connectivity index (χ2n) is 6.22. The van der Waals surface area contributed by atoms with Gasteiger partial charge in [0.25, 0.3) is 0 Å². The van der Waals surface area contributed by atoms with Gasteiger partial charge >= 0.3 is 0 Å². The van der Waals surface area contributed by atoms with Crippen LogP contribution in [0.5, 0.6) is 0 Å². The van der Waals surface area contributed by atoms with Gasteiger partial charge in [0.15, 0.2) is 0 Å². The molecule has 2 aliphatic rings. The number of ether oxygens (including phenoxy) is 1. The minimum atomic E-state index is 0.0432. The van der Waals surface area contributed by atoms with Crippen molar-refractivity contribution in [2.75, 3.05) is 13.1 Å². The monoisotopic (exact) mass is 225 g/mol. The molecule has 1 N–H and O–H groups in total. The molecule has 2 atom stereocenters. The Morgan fingerprint density at radius 1 is 1.31 bits per heavy atom. The molecule has 16 heavy (non-hydrogen) atoms. The molecule has 0 aromatic rings. The van der Waals surface area contributed by atoms with E-state index in [0.29, 0.717) is 12.0 Å². The highest BCUT2D eigenvalue weighted by Gasteiger charge is 2.36. The van der Waals surface area contributed by atoms with Gasteiger partial charge in [-0.25, -0.2) is 0 Å². The van der Waals surface area contributed by atoms with Gasteiger partial charge in [-0.15, -0.1) is 0 Å².